The number of methoxy groups -OCH3 is 1. The zero-order valence-corrected chi connectivity index (χ0v) is 13.0. The van der Waals surface area contributed by atoms with Gasteiger partial charge in [0, 0.05) is 12.1 Å². The maximum Gasteiger partial charge on any atom is 0.407 e. The summed E-state index contributed by atoms with van der Waals surface area (Å²) in [5.74, 6) is 0.867. The van der Waals surface area contributed by atoms with Crippen molar-refractivity contribution in [2.45, 2.75) is 32.8 Å². The van der Waals surface area contributed by atoms with Gasteiger partial charge < -0.3 is 19.9 Å². The molecule has 1 amide bonds. The largest absolute Gasteiger partial charge is 0.508 e. The van der Waals surface area contributed by atoms with Crippen LogP contribution in [-0.4, -0.2) is 30.5 Å². The van der Waals surface area contributed by atoms with Crippen LogP contribution in [0.5, 0.6) is 11.5 Å². The molecule has 0 unspecified atom stereocenters. The van der Waals surface area contributed by atoms with E-state index in [1.165, 1.54) is 0 Å². The summed E-state index contributed by atoms with van der Waals surface area (Å²) in [5.41, 5.74) is 0.296. The lowest BCUT2D eigenvalue weighted by Crippen LogP contribution is -2.32. The predicted octanol–water partition coefficient (Wildman–Crippen LogP) is 3.33. The minimum Gasteiger partial charge on any atom is -0.508 e. The molecule has 0 saturated heterocycles. The highest BCUT2D eigenvalue weighted by molar-refractivity contribution is 5.67. The smallest absolute Gasteiger partial charge is 0.407 e. The third-order valence-corrected chi connectivity index (χ3v) is 2.49. The number of phenols is 1. The highest BCUT2D eigenvalue weighted by atomic mass is 16.6. The number of nitrogens with one attached hydrogen (secondary N) is 1. The first-order valence-corrected chi connectivity index (χ1v) is 6.82. The Labute approximate surface area is 125 Å². The molecule has 5 heteroatoms. The van der Waals surface area contributed by atoms with Crippen LogP contribution in [0.3, 0.4) is 0 Å². The van der Waals surface area contributed by atoms with Crippen LogP contribution >= 0.6 is 0 Å². The number of ether oxygens (including phenoxy) is 2. The maximum atomic E-state index is 11.4. The van der Waals surface area contributed by atoms with Gasteiger partial charge in [-0.25, -0.2) is 4.79 Å². The molecule has 0 aromatic heterocycles. The van der Waals surface area contributed by atoms with Gasteiger partial charge in [-0.05, 0) is 45.4 Å². The summed E-state index contributed by atoms with van der Waals surface area (Å²) < 4.78 is 10.3. The van der Waals surface area contributed by atoms with Crippen LogP contribution in [0.1, 0.15) is 32.8 Å². The molecule has 0 spiro atoms. The molecule has 0 aliphatic heterocycles. The first-order valence-electron chi connectivity index (χ1n) is 6.82. The van der Waals surface area contributed by atoms with Gasteiger partial charge in [0.05, 0.1) is 7.11 Å². The van der Waals surface area contributed by atoms with Gasteiger partial charge in [-0.2, -0.15) is 0 Å². The van der Waals surface area contributed by atoms with Crippen LogP contribution in [0.2, 0.25) is 0 Å². The molecule has 0 aliphatic rings. The van der Waals surface area contributed by atoms with E-state index in [4.69, 9.17) is 9.47 Å². The van der Waals surface area contributed by atoms with Crippen molar-refractivity contribution in [1.29, 1.82) is 0 Å². The van der Waals surface area contributed by atoms with Crippen molar-refractivity contribution >= 4 is 12.2 Å². The average Bonchev–Trinajstić information content (AvgIpc) is 2.36. The van der Waals surface area contributed by atoms with Gasteiger partial charge in [-0.3, -0.25) is 0 Å². The van der Waals surface area contributed by atoms with Gasteiger partial charge in [0.25, 0.3) is 0 Å². The minimum absolute atomic E-state index is 0.183. The molecule has 0 bridgehead atoms. The second-order valence-electron chi connectivity index (χ2n) is 5.55. The van der Waals surface area contributed by atoms with Crippen molar-refractivity contribution in [2.75, 3.05) is 13.7 Å². The van der Waals surface area contributed by atoms with E-state index in [1.807, 2.05) is 32.9 Å². The number of phenolic OH excluding ortho intramolecular Hbond substituents is 1. The van der Waals surface area contributed by atoms with Crippen LogP contribution in [-0.2, 0) is 4.74 Å². The molecule has 1 aromatic carbocycles. The molecule has 116 valence electrons. The SMILES string of the molecule is COc1ccc(O)cc1C=CCCNC(=O)OC(C)(C)C. The number of amides is 1. The van der Waals surface area contributed by atoms with Gasteiger partial charge in [0.2, 0.25) is 0 Å². The Morgan fingerprint density at radius 1 is 1.38 bits per heavy atom. The lowest BCUT2D eigenvalue weighted by atomic mass is 10.1. The fraction of sp³-hybridized carbons (Fsp3) is 0.438. The fourth-order valence-corrected chi connectivity index (χ4v) is 1.63. The van der Waals surface area contributed by atoms with Crippen LogP contribution in [0.15, 0.2) is 24.3 Å². The highest BCUT2D eigenvalue weighted by Crippen LogP contribution is 2.24. The zero-order chi connectivity index (χ0) is 15.9. The molecule has 1 rings (SSSR count). The molecule has 2 N–H and O–H groups in total. The molecule has 0 atom stereocenters. The predicted molar refractivity (Wildman–Crippen MR) is 82.5 cm³/mol. The van der Waals surface area contributed by atoms with E-state index in [-0.39, 0.29) is 5.75 Å². The molecule has 5 nitrogen and oxygen atoms in total. The summed E-state index contributed by atoms with van der Waals surface area (Å²) >= 11 is 0. The molecular weight excluding hydrogens is 270 g/mol. The van der Waals surface area contributed by atoms with Crippen LogP contribution < -0.4 is 10.1 Å². The third-order valence-electron chi connectivity index (χ3n) is 2.49. The number of aromatic hydroxyl groups is 1. The Bertz CT molecular complexity index is 503. The summed E-state index contributed by atoms with van der Waals surface area (Å²) in [6.07, 6.45) is 3.97. The van der Waals surface area contributed by atoms with E-state index >= 15 is 0 Å². The monoisotopic (exact) mass is 293 g/mol. The van der Waals surface area contributed by atoms with Crippen LogP contribution in [0.4, 0.5) is 4.79 Å². The second-order valence-corrected chi connectivity index (χ2v) is 5.55. The first kappa shape index (κ1) is 16.9. The first-order chi connectivity index (χ1) is 9.81. The second kappa shape index (κ2) is 7.57. The molecule has 0 saturated carbocycles. The number of hydrogen-bond acceptors (Lipinski definition) is 4. The number of hydrogen-bond donors (Lipinski definition) is 2. The Hall–Kier alpha value is -2.17. The van der Waals surface area contributed by atoms with E-state index in [9.17, 15) is 9.90 Å². The Kier molecular flexibility index (Phi) is 6.09. The topological polar surface area (TPSA) is 67.8 Å². The lowest BCUT2D eigenvalue weighted by Gasteiger charge is -2.19. The molecule has 0 aliphatic carbocycles. The number of carbonyl (C=O) groups excluding carboxylic acids is 1. The molecular formula is C16H23NO4. The normalized spacial score (nSPS) is 11.4. The Morgan fingerprint density at radius 3 is 2.71 bits per heavy atom. The van der Waals surface area contributed by atoms with Crippen molar-refractivity contribution in [2.24, 2.45) is 0 Å². The number of benzene rings is 1. The van der Waals surface area contributed by atoms with Crippen LogP contribution in [0.25, 0.3) is 6.08 Å². The van der Waals surface area contributed by atoms with Crippen molar-refractivity contribution in [1.82, 2.24) is 5.32 Å². The summed E-state index contributed by atoms with van der Waals surface area (Å²) in [6, 6.07) is 4.89. The van der Waals surface area contributed by atoms with E-state index in [2.05, 4.69) is 5.32 Å². The van der Waals surface area contributed by atoms with Gasteiger partial charge in [-0.1, -0.05) is 12.2 Å². The Morgan fingerprint density at radius 2 is 2.10 bits per heavy atom. The quantitative estimate of drug-likeness (QED) is 0.817. The molecule has 0 fully saturated rings. The summed E-state index contributed by atoms with van der Waals surface area (Å²) in [4.78, 5) is 11.4. The lowest BCUT2D eigenvalue weighted by molar-refractivity contribution is 0.0529. The minimum atomic E-state index is -0.491. The summed E-state index contributed by atoms with van der Waals surface area (Å²) in [6.45, 7) is 5.94. The van der Waals surface area contributed by atoms with E-state index in [1.54, 1.807) is 25.3 Å². The molecule has 21 heavy (non-hydrogen) atoms. The highest BCUT2D eigenvalue weighted by Gasteiger charge is 2.15. The van der Waals surface area contributed by atoms with Crippen LogP contribution in [0, 0.1) is 0 Å². The van der Waals surface area contributed by atoms with Gasteiger partial charge >= 0.3 is 6.09 Å². The number of alkyl carbamates (subject to hydrolysis) is 1. The molecule has 0 radical (unpaired) electrons. The van der Waals surface area contributed by atoms with E-state index in [0.717, 1.165) is 5.56 Å². The number of rotatable bonds is 5. The van der Waals surface area contributed by atoms with Crippen molar-refractivity contribution < 1.29 is 19.4 Å². The summed E-state index contributed by atoms with van der Waals surface area (Å²) in [7, 11) is 1.58. The van der Waals surface area contributed by atoms with Crippen molar-refractivity contribution in [3.63, 3.8) is 0 Å². The average molecular weight is 293 g/mol. The number of carbonyl (C=O) groups is 1. The molecule has 0 heterocycles. The molecule has 1 aromatic rings. The van der Waals surface area contributed by atoms with Gasteiger partial charge in [-0.15, -0.1) is 0 Å². The Balaban J connectivity index is 2.42. The van der Waals surface area contributed by atoms with E-state index < -0.39 is 11.7 Å². The third kappa shape index (κ3) is 6.70. The van der Waals surface area contributed by atoms with E-state index in [0.29, 0.717) is 18.7 Å². The van der Waals surface area contributed by atoms with Gasteiger partial charge in [0.1, 0.15) is 17.1 Å². The standard InChI is InChI=1S/C16H23NO4/c1-16(2,3)21-15(19)17-10-6-5-7-12-11-13(18)8-9-14(12)20-4/h5,7-9,11,18H,6,10H2,1-4H3,(H,17,19). The summed E-state index contributed by atoms with van der Waals surface area (Å²) in [5, 5.41) is 12.1. The van der Waals surface area contributed by atoms with Crippen molar-refractivity contribution in [3.8, 4) is 11.5 Å². The maximum absolute atomic E-state index is 11.4. The van der Waals surface area contributed by atoms with Gasteiger partial charge in [0.15, 0.2) is 0 Å². The van der Waals surface area contributed by atoms with Crippen molar-refractivity contribution in [3.05, 3.63) is 29.8 Å². The fourth-order valence-electron chi connectivity index (χ4n) is 1.63. The zero-order valence-electron chi connectivity index (χ0n) is 13.0.